The van der Waals surface area contributed by atoms with E-state index in [9.17, 15) is 9.50 Å². The largest absolute Gasteiger partial charge is 0.492 e. The maximum Gasteiger partial charge on any atom is 0.230 e. The molecule has 168 valence electrons. The standard InChI is InChI=1S/C23H20FN5O3S/c24-15-5-7-16(8-6-15)27-9-11-28(12-10-27)19(17-3-1-13-31-17)20-22(30)29-23(33-20)25-21(26-29)18-4-2-14-32-18/h1-8,13-14,19,30H,9-12H2/t19-/m1/s1. The van der Waals surface area contributed by atoms with Crippen LogP contribution in [0.4, 0.5) is 10.1 Å². The number of aromatic nitrogens is 3. The zero-order valence-electron chi connectivity index (χ0n) is 17.5. The Balaban J connectivity index is 1.30. The van der Waals surface area contributed by atoms with E-state index in [2.05, 4.69) is 19.9 Å². The Morgan fingerprint density at radius 3 is 2.39 bits per heavy atom. The van der Waals surface area contributed by atoms with E-state index in [1.54, 1.807) is 36.8 Å². The lowest BCUT2D eigenvalue weighted by molar-refractivity contribution is 0.191. The third-order valence-electron chi connectivity index (χ3n) is 5.87. The lowest BCUT2D eigenvalue weighted by Crippen LogP contribution is -2.47. The Morgan fingerprint density at radius 2 is 1.73 bits per heavy atom. The summed E-state index contributed by atoms with van der Waals surface area (Å²) in [6.07, 6.45) is 3.20. The van der Waals surface area contributed by atoms with Crippen LogP contribution in [-0.2, 0) is 0 Å². The molecule has 1 aromatic carbocycles. The van der Waals surface area contributed by atoms with Crippen molar-refractivity contribution in [1.82, 2.24) is 19.5 Å². The number of benzene rings is 1. The number of aromatic hydroxyl groups is 1. The SMILES string of the molecule is Oc1c([C@@H](c2ccco2)N2CCN(c3ccc(F)cc3)CC2)sc2nc(-c3ccco3)nn12. The summed E-state index contributed by atoms with van der Waals surface area (Å²) >= 11 is 1.38. The Morgan fingerprint density at radius 1 is 0.970 bits per heavy atom. The molecule has 5 aromatic rings. The fraction of sp³-hybridized carbons (Fsp3) is 0.217. The van der Waals surface area contributed by atoms with Crippen LogP contribution in [0.3, 0.4) is 0 Å². The molecule has 0 unspecified atom stereocenters. The molecule has 1 aliphatic rings. The van der Waals surface area contributed by atoms with Crippen molar-refractivity contribution in [3.63, 3.8) is 0 Å². The minimum absolute atomic E-state index is 0.0441. The second-order valence-corrected chi connectivity index (χ2v) is 8.82. The summed E-state index contributed by atoms with van der Waals surface area (Å²) in [7, 11) is 0. The number of halogens is 1. The highest BCUT2D eigenvalue weighted by Crippen LogP contribution is 2.41. The number of thiazole rings is 1. The molecule has 1 fully saturated rings. The number of piperazine rings is 1. The van der Waals surface area contributed by atoms with Gasteiger partial charge < -0.3 is 18.8 Å². The first-order valence-electron chi connectivity index (χ1n) is 10.6. The lowest BCUT2D eigenvalue weighted by atomic mass is 10.1. The van der Waals surface area contributed by atoms with E-state index < -0.39 is 0 Å². The molecule has 0 amide bonds. The van der Waals surface area contributed by atoms with Crippen molar-refractivity contribution in [3.8, 4) is 17.5 Å². The Kier molecular flexibility index (Phi) is 4.88. The molecule has 1 atom stereocenters. The van der Waals surface area contributed by atoms with Gasteiger partial charge in [-0.1, -0.05) is 11.3 Å². The van der Waals surface area contributed by atoms with E-state index in [-0.39, 0.29) is 17.7 Å². The van der Waals surface area contributed by atoms with Crippen LogP contribution in [-0.4, -0.2) is 50.8 Å². The molecular weight excluding hydrogens is 445 g/mol. The van der Waals surface area contributed by atoms with Gasteiger partial charge in [-0.3, -0.25) is 4.90 Å². The summed E-state index contributed by atoms with van der Waals surface area (Å²) in [4.78, 5) is 10.3. The van der Waals surface area contributed by atoms with Crippen LogP contribution in [0, 0.1) is 5.82 Å². The van der Waals surface area contributed by atoms with Crippen LogP contribution in [0.5, 0.6) is 5.88 Å². The maximum absolute atomic E-state index is 13.3. The average Bonchev–Trinajstić information content (AvgIpc) is 3.63. The highest BCUT2D eigenvalue weighted by molar-refractivity contribution is 7.17. The zero-order valence-corrected chi connectivity index (χ0v) is 18.3. The van der Waals surface area contributed by atoms with E-state index in [0.717, 1.165) is 42.5 Å². The molecule has 0 radical (unpaired) electrons. The van der Waals surface area contributed by atoms with Crippen LogP contribution < -0.4 is 4.90 Å². The zero-order chi connectivity index (χ0) is 22.4. The molecule has 10 heteroatoms. The Bertz CT molecular complexity index is 1350. The molecule has 0 bridgehead atoms. The van der Waals surface area contributed by atoms with E-state index in [0.29, 0.717) is 16.5 Å². The Labute approximate surface area is 192 Å². The van der Waals surface area contributed by atoms with Gasteiger partial charge >= 0.3 is 0 Å². The smallest absolute Gasteiger partial charge is 0.230 e. The number of hydrogen-bond donors (Lipinski definition) is 1. The first-order chi connectivity index (χ1) is 16.2. The predicted octanol–water partition coefficient (Wildman–Crippen LogP) is 4.40. The van der Waals surface area contributed by atoms with Crippen LogP contribution in [0.25, 0.3) is 16.5 Å². The van der Waals surface area contributed by atoms with Gasteiger partial charge in [-0.2, -0.15) is 9.50 Å². The Hall–Kier alpha value is -3.63. The van der Waals surface area contributed by atoms with E-state index in [4.69, 9.17) is 8.83 Å². The molecule has 5 heterocycles. The highest BCUT2D eigenvalue weighted by Gasteiger charge is 2.33. The molecule has 0 aliphatic carbocycles. The van der Waals surface area contributed by atoms with Gasteiger partial charge in [0, 0.05) is 31.9 Å². The summed E-state index contributed by atoms with van der Waals surface area (Å²) in [6, 6.07) is 13.6. The van der Waals surface area contributed by atoms with Crippen molar-refractivity contribution in [2.45, 2.75) is 6.04 Å². The number of rotatable bonds is 5. The van der Waals surface area contributed by atoms with Crippen LogP contribution in [0.2, 0.25) is 0 Å². The minimum Gasteiger partial charge on any atom is -0.492 e. The topological polar surface area (TPSA) is 83.2 Å². The summed E-state index contributed by atoms with van der Waals surface area (Å²) in [5.41, 5.74) is 0.998. The highest BCUT2D eigenvalue weighted by atomic mass is 32.1. The second-order valence-electron chi connectivity index (χ2n) is 7.81. The van der Waals surface area contributed by atoms with Gasteiger partial charge in [0.25, 0.3) is 0 Å². The van der Waals surface area contributed by atoms with Crippen LogP contribution in [0.1, 0.15) is 16.7 Å². The molecule has 1 saturated heterocycles. The van der Waals surface area contributed by atoms with Crippen molar-refractivity contribution in [2.24, 2.45) is 0 Å². The van der Waals surface area contributed by atoms with E-state index in [1.165, 1.54) is 28.0 Å². The molecule has 1 aliphatic heterocycles. The van der Waals surface area contributed by atoms with Crippen molar-refractivity contribution in [3.05, 3.63) is 77.5 Å². The first kappa shape index (κ1) is 20.0. The van der Waals surface area contributed by atoms with Gasteiger partial charge in [0.2, 0.25) is 16.7 Å². The fourth-order valence-corrected chi connectivity index (χ4v) is 5.35. The summed E-state index contributed by atoms with van der Waals surface area (Å²) < 4.78 is 25.9. The predicted molar refractivity (Wildman–Crippen MR) is 121 cm³/mol. The molecule has 0 saturated carbocycles. The number of anilines is 1. The third-order valence-corrected chi connectivity index (χ3v) is 6.95. The quantitative estimate of drug-likeness (QED) is 0.412. The molecular formula is C23H20FN5O3S. The third kappa shape index (κ3) is 3.57. The van der Waals surface area contributed by atoms with Gasteiger partial charge in [-0.15, -0.1) is 5.10 Å². The van der Waals surface area contributed by atoms with E-state index >= 15 is 0 Å². The summed E-state index contributed by atoms with van der Waals surface area (Å²) in [5, 5.41) is 15.5. The van der Waals surface area contributed by atoms with Crippen molar-refractivity contribution in [1.29, 1.82) is 0 Å². The lowest BCUT2D eigenvalue weighted by Gasteiger charge is -2.39. The molecule has 33 heavy (non-hydrogen) atoms. The van der Waals surface area contributed by atoms with E-state index in [1.807, 2.05) is 12.1 Å². The first-order valence-corrected chi connectivity index (χ1v) is 11.4. The average molecular weight is 466 g/mol. The second kappa shape index (κ2) is 8.05. The number of furan rings is 2. The summed E-state index contributed by atoms with van der Waals surface area (Å²) in [6.45, 7) is 3.03. The number of fused-ring (bicyclic) bond motifs is 1. The molecule has 0 spiro atoms. The fourth-order valence-electron chi connectivity index (χ4n) is 4.25. The minimum atomic E-state index is -0.268. The normalized spacial score (nSPS) is 16.0. The van der Waals surface area contributed by atoms with Crippen LogP contribution in [0.15, 0.2) is 69.9 Å². The van der Waals surface area contributed by atoms with Gasteiger partial charge in [0.15, 0.2) is 5.76 Å². The number of nitrogens with zero attached hydrogens (tertiary/aromatic N) is 5. The summed E-state index contributed by atoms with van der Waals surface area (Å²) in [5.74, 6) is 1.53. The van der Waals surface area contributed by atoms with Gasteiger partial charge in [0.05, 0.1) is 17.4 Å². The number of hydrogen-bond acceptors (Lipinski definition) is 8. The molecule has 8 nitrogen and oxygen atoms in total. The monoisotopic (exact) mass is 465 g/mol. The van der Waals surface area contributed by atoms with Crippen molar-refractivity contribution in [2.75, 3.05) is 31.1 Å². The van der Waals surface area contributed by atoms with Gasteiger partial charge in [0.1, 0.15) is 17.6 Å². The van der Waals surface area contributed by atoms with Crippen LogP contribution >= 0.6 is 11.3 Å². The molecule has 4 aromatic heterocycles. The molecule has 6 rings (SSSR count). The van der Waals surface area contributed by atoms with Gasteiger partial charge in [-0.25, -0.2) is 4.39 Å². The van der Waals surface area contributed by atoms with Gasteiger partial charge in [-0.05, 0) is 48.5 Å². The van der Waals surface area contributed by atoms with Crippen molar-refractivity contribution >= 4 is 22.0 Å². The molecule has 1 N–H and O–H groups in total. The maximum atomic E-state index is 13.3. The van der Waals surface area contributed by atoms with Crippen molar-refractivity contribution < 1.29 is 18.3 Å².